The average molecular weight is 556 g/mol. The van der Waals surface area contributed by atoms with Crippen molar-refractivity contribution in [2.24, 2.45) is 17.8 Å². The lowest BCUT2D eigenvalue weighted by atomic mass is 9.51. The number of anilines is 3. The summed E-state index contributed by atoms with van der Waals surface area (Å²) in [6.45, 7) is 2.56. The second-order valence-electron chi connectivity index (χ2n) is 13.4. The Morgan fingerprint density at radius 1 is 0.535 bits per heavy atom. The lowest BCUT2D eigenvalue weighted by molar-refractivity contribution is 0.0670. The molecule has 0 aromatic heterocycles. The van der Waals surface area contributed by atoms with E-state index in [2.05, 4.69) is 139 Å². The molecule has 43 heavy (non-hydrogen) atoms. The van der Waals surface area contributed by atoms with Crippen molar-refractivity contribution in [3.8, 4) is 11.1 Å². The van der Waals surface area contributed by atoms with Crippen LogP contribution in [0.5, 0.6) is 0 Å². The van der Waals surface area contributed by atoms with Crippen LogP contribution in [0.3, 0.4) is 0 Å². The van der Waals surface area contributed by atoms with Crippen molar-refractivity contribution < 1.29 is 0 Å². The molecule has 2 fully saturated rings. The summed E-state index contributed by atoms with van der Waals surface area (Å²) >= 11 is 0. The fourth-order valence-electron chi connectivity index (χ4n) is 9.53. The van der Waals surface area contributed by atoms with E-state index < -0.39 is 0 Å². The Kier molecular flexibility index (Phi) is 5.60. The first-order valence-corrected chi connectivity index (χ1v) is 16.2. The van der Waals surface area contributed by atoms with Gasteiger partial charge in [0.1, 0.15) is 0 Å². The van der Waals surface area contributed by atoms with E-state index in [0.717, 1.165) is 5.92 Å². The van der Waals surface area contributed by atoms with E-state index in [1.165, 1.54) is 81.8 Å². The largest absolute Gasteiger partial charge is 0.310 e. The summed E-state index contributed by atoms with van der Waals surface area (Å²) in [5, 5.41) is 5.09. The van der Waals surface area contributed by atoms with Crippen molar-refractivity contribution in [3.63, 3.8) is 0 Å². The van der Waals surface area contributed by atoms with Crippen molar-refractivity contribution in [2.45, 2.75) is 44.4 Å². The zero-order valence-corrected chi connectivity index (χ0v) is 24.8. The number of nitrogens with zero attached hydrogens (tertiary/aromatic N) is 1. The molecule has 2 bridgehead atoms. The summed E-state index contributed by atoms with van der Waals surface area (Å²) in [4.78, 5) is 2.49. The average Bonchev–Trinajstić information content (AvgIpc) is 3.35. The molecule has 0 saturated heterocycles. The molecule has 4 atom stereocenters. The van der Waals surface area contributed by atoms with Gasteiger partial charge in [-0.05, 0) is 117 Å². The van der Waals surface area contributed by atoms with Gasteiger partial charge in [0.25, 0.3) is 0 Å². The van der Waals surface area contributed by atoms with Gasteiger partial charge in [0.2, 0.25) is 0 Å². The fourth-order valence-corrected chi connectivity index (χ4v) is 9.53. The van der Waals surface area contributed by atoms with E-state index in [9.17, 15) is 0 Å². The maximum absolute atomic E-state index is 2.59. The third-order valence-electron chi connectivity index (χ3n) is 11.2. The highest BCUT2D eigenvalue weighted by Gasteiger charge is 2.55. The van der Waals surface area contributed by atoms with Crippen LogP contribution in [0, 0.1) is 17.8 Å². The lowest BCUT2D eigenvalue weighted by Gasteiger charge is -2.53. The first-order chi connectivity index (χ1) is 21.2. The van der Waals surface area contributed by atoms with Crippen molar-refractivity contribution in [3.05, 3.63) is 139 Å². The molecule has 2 saturated carbocycles. The Morgan fingerprint density at radius 2 is 1.12 bits per heavy atom. The van der Waals surface area contributed by atoms with Gasteiger partial charge in [0.15, 0.2) is 0 Å². The van der Waals surface area contributed by atoms with Crippen LogP contribution in [0.25, 0.3) is 32.7 Å². The molecule has 4 unspecified atom stereocenters. The smallest absolute Gasteiger partial charge is 0.0468 e. The summed E-state index contributed by atoms with van der Waals surface area (Å²) < 4.78 is 0. The molecule has 0 amide bonds. The molecule has 210 valence electrons. The molecule has 3 aliphatic rings. The van der Waals surface area contributed by atoms with Crippen molar-refractivity contribution in [1.29, 1.82) is 0 Å². The van der Waals surface area contributed by atoms with Crippen LogP contribution in [0.2, 0.25) is 0 Å². The van der Waals surface area contributed by atoms with Gasteiger partial charge >= 0.3 is 0 Å². The van der Waals surface area contributed by atoms with E-state index in [1.54, 1.807) is 11.1 Å². The standard InChI is InChI=1S/C42H37N/c1-28-23-29-9-8-14-34(24-29)42(28)40-16-7-6-15-38(40)39-22-21-37(27-41(39)42)43(35-19-17-30-10-2-4-12-32(30)25-35)36-20-18-31-11-3-5-13-33(31)26-36/h2-7,10-13,15-22,25-29,34H,8-9,14,23-24H2,1H3. The maximum Gasteiger partial charge on any atom is 0.0468 e. The van der Waals surface area contributed by atoms with Gasteiger partial charge in [0.05, 0.1) is 0 Å². The fraction of sp³-hybridized carbons (Fsp3) is 0.238. The summed E-state index contributed by atoms with van der Waals surface area (Å²) in [6, 6.07) is 48.0. The van der Waals surface area contributed by atoms with Crippen LogP contribution >= 0.6 is 0 Å². The number of hydrogen-bond acceptors (Lipinski definition) is 1. The quantitative estimate of drug-likeness (QED) is 0.210. The molecule has 1 nitrogen and oxygen atoms in total. The predicted molar refractivity (Wildman–Crippen MR) is 182 cm³/mol. The third-order valence-corrected chi connectivity index (χ3v) is 11.2. The van der Waals surface area contributed by atoms with Gasteiger partial charge in [-0.3, -0.25) is 0 Å². The van der Waals surface area contributed by atoms with Crippen molar-refractivity contribution in [1.82, 2.24) is 0 Å². The number of fused-ring (bicyclic) bond motifs is 10. The zero-order valence-electron chi connectivity index (χ0n) is 24.8. The first kappa shape index (κ1) is 25.2. The Labute approximate surface area is 254 Å². The van der Waals surface area contributed by atoms with Crippen molar-refractivity contribution >= 4 is 38.6 Å². The molecule has 9 rings (SSSR count). The van der Waals surface area contributed by atoms with Crippen LogP contribution in [0.4, 0.5) is 17.1 Å². The molecule has 6 aromatic carbocycles. The lowest BCUT2D eigenvalue weighted by Crippen LogP contribution is -2.48. The summed E-state index contributed by atoms with van der Waals surface area (Å²) in [5.41, 5.74) is 9.81. The minimum Gasteiger partial charge on any atom is -0.310 e. The zero-order chi connectivity index (χ0) is 28.5. The van der Waals surface area contributed by atoms with Gasteiger partial charge in [0, 0.05) is 22.5 Å². The normalized spacial score (nSPS) is 23.8. The van der Waals surface area contributed by atoms with Crippen LogP contribution in [0.1, 0.15) is 50.2 Å². The molecule has 0 N–H and O–H groups in total. The van der Waals surface area contributed by atoms with Gasteiger partial charge < -0.3 is 4.90 Å². The maximum atomic E-state index is 2.59. The summed E-state index contributed by atoms with van der Waals surface area (Å²) in [6.07, 6.45) is 6.86. The molecule has 3 aliphatic carbocycles. The molecular formula is C42H37N. The molecule has 6 aromatic rings. The van der Waals surface area contributed by atoms with E-state index in [4.69, 9.17) is 0 Å². The van der Waals surface area contributed by atoms with E-state index in [0.29, 0.717) is 11.8 Å². The molecule has 0 heterocycles. The Morgan fingerprint density at radius 3 is 1.84 bits per heavy atom. The predicted octanol–water partition coefficient (Wildman–Crippen LogP) is 11.6. The topological polar surface area (TPSA) is 3.24 Å². The number of hydrogen-bond donors (Lipinski definition) is 0. The first-order valence-electron chi connectivity index (χ1n) is 16.2. The molecule has 1 spiro atoms. The second-order valence-corrected chi connectivity index (χ2v) is 13.4. The Hall–Kier alpha value is -4.36. The molecule has 1 heteroatoms. The number of benzene rings is 6. The minimum atomic E-state index is 0.0945. The SMILES string of the molecule is CC1CC2CCCC(C2)C12c1ccccc1-c1ccc(N(c3ccc4ccccc4c3)c3ccc4ccccc4c3)cc12. The summed E-state index contributed by atoms with van der Waals surface area (Å²) in [7, 11) is 0. The van der Waals surface area contributed by atoms with Crippen LogP contribution < -0.4 is 4.90 Å². The van der Waals surface area contributed by atoms with Gasteiger partial charge in [-0.15, -0.1) is 0 Å². The van der Waals surface area contributed by atoms with Crippen LogP contribution in [0.15, 0.2) is 127 Å². The van der Waals surface area contributed by atoms with E-state index in [-0.39, 0.29) is 5.41 Å². The van der Waals surface area contributed by atoms with Gasteiger partial charge in [-0.2, -0.15) is 0 Å². The van der Waals surface area contributed by atoms with E-state index in [1.807, 2.05) is 0 Å². The van der Waals surface area contributed by atoms with Crippen molar-refractivity contribution in [2.75, 3.05) is 4.90 Å². The minimum absolute atomic E-state index is 0.0945. The van der Waals surface area contributed by atoms with Gasteiger partial charge in [-0.25, -0.2) is 0 Å². The second kappa shape index (κ2) is 9.58. The third kappa shape index (κ3) is 3.70. The van der Waals surface area contributed by atoms with Crippen LogP contribution in [-0.2, 0) is 5.41 Å². The van der Waals surface area contributed by atoms with E-state index >= 15 is 0 Å². The molecule has 0 radical (unpaired) electrons. The molecular weight excluding hydrogens is 518 g/mol. The molecule has 0 aliphatic heterocycles. The Balaban J connectivity index is 1.28. The monoisotopic (exact) mass is 555 g/mol. The highest BCUT2D eigenvalue weighted by Crippen LogP contribution is 2.64. The summed E-state index contributed by atoms with van der Waals surface area (Å²) in [5.74, 6) is 2.23. The number of rotatable bonds is 3. The highest BCUT2D eigenvalue weighted by atomic mass is 15.1. The Bertz CT molecular complexity index is 1940. The van der Waals surface area contributed by atoms with Gasteiger partial charge in [-0.1, -0.05) is 111 Å². The highest BCUT2D eigenvalue weighted by molar-refractivity contribution is 5.93. The van der Waals surface area contributed by atoms with Crippen LogP contribution in [-0.4, -0.2) is 0 Å².